The number of amides is 1. The summed E-state index contributed by atoms with van der Waals surface area (Å²) in [4.78, 5) is 25.5. The van der Waals surface area contributed by atoms with Gasteiger partial charge in [-0.2, -0.15) is 0 Å². The van der Waals surface area contributed by atoms with Gasteiger partial charge in [0.15, 0.2) is 11.8 Å². The molecule has 1 aromatic heterocycles. The second-order valence-electron chi connectivity index (χ2n) is 5.95. The molecule has 0 bridgehead atoms. The van der Waals surface area contributed by atoms with Gasteiger partial charge in [0.1, 0.15) is 5.72 Å². The summed E-state index contributed by atoms with van der Waals surface area (Å²) in [7, 11) is 0. The van der Waals surface area contributed by atoms with Crippen molar-refractivity contribution in [2.75, 3.05) is 6.61 Å². The van der Waals surface area contributed by atoms with Gasteiger partial charge in [0.2, 0.25) is 0 Å². The zero-order chi connectivity index (χ0) is 15.0. The number of hydrogen-bond donors (Lipinski definition) is 1. The van der Waals surface area contributed by atoms with Crippen LogP contribution in [0.25, 0.3) is 0 Å². The largest absolute Gasteiger partial charge is 0.480 e. The third-order valence-electron chi connectivity index (χ3n) is 4.55. The Balaban J connectivity index is 1.93. The number of furan rings is 1. The van der Waals surface area contributed by atoms with Crippen LogP contribution in [0.5, 0.6) is 0 Å². The smallest absolute Gasteiger partial charge is 0.328 e. The fraction of sp³-hybridized carbons (Fsp3) is 0.600. The summed E-state index contributed by atoms with van der Waals surface area (Å²) in [5.41, 5.74) is -0.792. The van der Waals surface area contributed by atoms with Crippen LogP contribution in [0.4, 0.5) is 0 Å². The fourth-order valence-electron chi connectivity index (χ4n) is 3.29. The Bertz CT molecular complexity index is 530. The van der Waals surface area contributed by atoms with Gasteiger partial charge in [-0.1, -0.05) is 6.92 Å². The van der Waals surface area contributed by atoms with Crippen molar-refractivity contribution in [2.45, 2.75) is 44.4 Å². The molecule has 1 spiro atoms. The Morgan fingerprint density at radius 2 is 2.10 bits per heavy atom. The molecule has 6 nitrogen and oxygen atoms in total. The summed E-state index contributed by atoms with van der Waals surface area (Å²) in [5.74, 6) is -0.710. The van der Waals surface area contributed by atoms with Crippen LogP contribution in [0.2, 0.25) is 0 Å². The van der Waals surface area contributed by atoms with Crippen LogP contribution in [0.1, 0.15) is 43.2 Å². The van der Waals surface area contributed by atoms with Gasteiger partial charge in [0.05, 0.1) is 12.9 Å². The second-order valence-corrected chi connectivity index (χ2v) is 5.95. The topological polar surface area (TPSA) is 80.0 Å². The van der Waals surface area contributed by atoms with E-state index in [1.54, 1.807) is 12.1 Å². The highest BCUT2D eigenvalue weighted by Gasteiger charge is 2.54. The highest BCUT2D eigenvalue weighted by molar-refractivity contribution is 5.95. The van der Waals surface area contributed by atoms with Crippen LogP contribution in [0.15, 0.2) is 22.8 Å². The molecule has 1 aromatic rings. The lowest BCUT2D eigenvalue weighted by molar-refractivity contribution is -0.143. The van der Waals surface area contributed by atoms with Crippen molar-refractivity contribution < 1.29 is 23.8 Å². The third-order valence-corrected chi connectivity index (χ3v) is 4.55. The predicted octanol–water partition coefficient (Wildman–Crippen LogP) is 2.11. The average molecular weight is 293 g/mol. The van der Waals surface area contributed by atoms with E-state index in [1.165, 1.54) is 11.2 Å². The first-order chi connectivity index (χ1) is 10.0. The van der Waals surface area contributed by atoms with Crippen LogP contribution in [-0.2, 0) is 9.53 Å². The Labute approximate surface area is 122 Å². The van der Waals surface area contributed by atoms with Crippen molar-refractivity contribution in [3.63, 3.8) is 0 Å². The first-order valence-corrected chi connectivity index (χ1v) is 7.27. The van der Waals surface area contributed by atoms with Crippen LogP contribution in [0, 0.1) is 5.92 Å². The minimum absolute atomic E-state index is 0.0379. The first-order valence-electron chi connectivity index (χ1n) is 7.27. The molecule has 1 saturated heterocycles. The van der Waals surface area contributed by atoms with E-state index in [-0.39, 0.29) is 12.4 Å². The van der Waals surface area contributed by atoms with E-state index in [1.807, 2.05) is 0 Å². The van der Waals surface area contributed by atoms with E-state index in [4.69, 9.17) is 9.15 Å². The quantitative estimate of drug-likeness (QED) is 0.903. The molecule has 114 valence electrons. The molecular formula is C15H19NO5. The molecule has 1 aliphatic heterocycles. The van der Waals surface area contributed by atoms with E-state index in [9.17, 15) is 14.7 Å². The number of rotatable bonds is 2. The van der Waals surface area contributed by atoms with Gasteiger partial charge in [-0.05, 0) is 43.7 Å². The van der Waals surface area contributed by atoms with Gasteiger partial charge in [-0.15, -0.1) is 0 Å². The van der Waals surface area contributed by atoms with Crippen molar-refractivity contribution in [1.82, 2.24) is 4.90 Å². The van der Waals surface area contributed by atoms with Gasteiger partial charge in [0, 0.05) is 0 Å². The van der Waals surface area contributed by atoms with E-state index in [2.05, 4.69) is 6.92 Å². The van der Waals surface area contributed by atoms with Crippen molar-refractivity contribution in [3.8, 4) is 0 Å². The normalized spacial score (nSPS) is 32.5. The average Bonchev–Trinajstić information content (AvgIpc) is 3.10. The number of carboxylic acid groups (broad SMARTS) is 1. The molecule has 0 unspecified atom stereocenters. The minimum Gasteiger partial charge on any atom is -0.480 e. The molecule has 0 radical (unpaired) electrons. The maximum Gasteiger partial charge on any atom is 0.328 e. The molecule has 1 atom stereocenters. The summed E-state index contributed by atoms with van der Waals surface area (Å²) < 4.78 is 11.0. The third kappa shape index (κ3) is 2.33. The number of carboxylic acids is 1. The number of carbonyl (C=O) groups is 2. The standard InChI is InChI=1S/C15H19NO5/c1-10-4-6-15(7-5-10)16(11(9-21-15)14(18)19)13(17)12-3-2-8-20-12/h2-3,8,10-11H,4-7,9H2,1H3,(H,18,19)/t10?,11-,15?/m0/s1. The van der Waals surface area contributed by atoms with E-state index in [0.29, 0.717) is 18.8 Å². The molecule has 2 heterocycles. The van der Waals surface area contributed by atoms with Gasteiger partial charge in [-0.25, -0.2) is 4.79 Å². The van der Waals surface area contributed by atoms with Crippen molar-refractivity contribution in [2.24, 2.45) is 5.92 Å². The van der Waals surface area contributed by atoms with Crippen LogP contribution >= 0.6 is 0 Å². The molecule has 1 aliphatic carbocycles. The fourth-order valence-corrected chi connectivity index (χ4v) is 3.29. The molecule has 3 rings (SSSR count). The highest BCUT2D eigenvalue weighted by atomic mass is 16.5. The van der Waals surface area contributed by atoms with Gasteiger partial charge in [0.25, 0.3) is 5.91 Å². The zero-order valence-electron chi connectivity index (χ0n) is 11.9. The van der Waals surface area contributed by atoms with Crippen LogP contribution in [-0.4, -0.2) is 40.3 Å². The zero-order valence-corrected chi connectivity index (χ0v) is 11.9. The predicted molar refractivity (Wildman–Crippen MR) is 72.6 cm³/mol. The molecule has 1 amide bonds. The molecule has 2 aliphatic rings. The molecular weight excluding hydrogens is 274 g/mol. The molecule has 2 fully saturated rings. The van der Waals surface area contributed by atoms with Crippen LogP contribution < -0.4 is 0 Å². The summed E-state index contributed by atoms with van der Waals surface area (Å²) in [6.07, 6.45) is 4.60. The van der Waals surface area contributed by atoms with Crippen LogP contribution in [0.3, 0.4) is 0 Å². The first kappa shape index (κ1) is 14.1. The number of aliphatic carboxylic acids is 1. The van der Waals surface area contributed by atoms with Crippen molar-refractivity contribution in [1.29, 1.82) is 0 Å². The number of ether oxygens (including phenoxy) is 1. The highest BCUT2D eigenvalue weighted by Crippen LogP contribution is 2.43. The Morgan fingerprint density at radius 1 is 1.38 bits per heavy atom. The second kappa shape index (κ2) is 5.18. The maximum atomic E-state index is 12.7. The number of nitrogens with zero attached hydrogens (tertiary/aromatic N) is 1. The van der Waals surface area contributed by atoms with E-state index < -0.39 is 23.6 Å². The molecule has 1 saturated carbocycles. The lowest BCUT2D eigenvalue weighted by Gasteiger charge is -2.42. The van der Waals surface area contributed by atoms with Gasteiger partial charge >= 0.3 is 5.97 Å². The Kier molecular flexibility index (Phi) is 3.49. The SMILES string of the molecule is CC1CCC2(CC1)OC[C@@H](C(=O)O)N2C(=O)c1ccco1. The molecule has 0 aromatic carbocycles. The molecule has 1 N–H and O–H groups in total. The Morgan fingerprint density at radius 3 is 2.67 bits per heavy atom. The summed E-state index contributed by atoms with van der Waals surface area (Å²) >= 11 is 0. The van der Waals surface area contributed by atoms with Gasteiger partial charge < -0.3 is 14.3 Å². The number of carbonyl (C=O) groups excluding carboxylic acids is 1. The maximum absolute atomic E-state index is 12.7. The molecule has 6 heteroatoms. The van der Waals surface area contributed by atoms with Crippen molar-refractivity contribution in [3.05, 3.63) is 24.2 Å². The lowest BCUT2D eigenvalue weighted by Crippen LogP contribution is -2.55. The van der Waals surface area contributed by atoms with Gasteiger partial charge in [-0.3, -0.25) is 9.69 Å². The monoisotopic (exact) mass is 293 g/mol. The summed E-state index contributed by atoms with van der Waals surface area (Å²) in [6, 6.07) is 2.23. The van der Waals surface area contributed by atoms with E-state index >= 15 is 0 Å². The molecule has 21 heavy (non-hydrogen) atoms. The van der Waals surface area contributed by atoms with Crippen molar-refractivity contribution >= 4 is 11.9 Å². The number of hydrogen-bond acceptors (Lipinski definition) is 4. The summed E-state index contributed by atoms with van der Waals surface area (Å²) in [5, 5.41) is 9.39. The van der Waals surface area contributed by atoms with E-state index in [0.717, 1.165) is 12.8 Å². The minimum atomic E-state index is -1.04. The summed E-state index contributed by atoms with van der Waals surface area (Å²) in [6.45, 7) is 2.20. The lowest BCUT2D eigenvalue weighted by atomic mass is 9.83. The Hall–Kier alpha value is -1.82.